The number of nitrogens with one attached hydrogen (secondary N) is 1. The summed E-state index contributed by atoms with van der Waals surface area (Å²) in [6.07, 6.45) is 1.41. The lowest BCUT2D eigenvalue weighted by Crippen LogP contribution is -2.32. The van der Waals surface area contributed by atoms with Crippen LogP contribution in [0.5, 0.6) is 0 Å². The second-order valence-corrected chi connectivity index (χ2v) is 6.76. The summed E-state index contributed by atoms with van der Waals surface area (Å²) in [5, 5.41) is 8.20. The van der Waals surface area contributed by atoms with E-state index in [1.54, 1.807) is 0 Å². The molecule has 0 spiro atoms. The van der Waals surface area contributed by atoms with E-state index in [-0.39, 0.29) is 6.54 Å². The molecule has 21 heavy (non-hydrogen) atoms. The number of nitrogens with two attached hydrogens (primary N) is 1. The molecular weight excluding hydrogens is 292 g/mol. The molecular formula is C13H14N4O3S. The van der Waals surface area contributed by atoms with Crippen LogP contribution >= 0.6 is 0 Å². The van der Waals surface area contributed by atoms with E-state index < -0.39 is 15.3 Å². The van der Waals surface area contributed by atoms with Crippen molar-refractivity contribution in [2.45, 2.75) is 12.2 Å². The van der Waals surface area contributed by atoms with Crippen molar-refractivity contribution in [2.24, 2.45) is 5.14 Å². The van der Waals surface area contributed by atoms with Crippen LogP contribution in [0.1, 0.15) is 6.92 Å². The van der Waals surface area contributed by atoms with Crippen molar-refractivity contribution in [3.63, 3.8) is 0 Å². The van der Waals surface area contributed by atoms with Crippen molar-refractivity contribution in [1.82, 2.24) is 9.97 Å². The first-order valence-corrected chi connectivity index (χ1v) is 7.95. The molecule has 110 valence electrons. The van der Waals surface area contributed by atoms with Gasteiger partial charge in [0.05, 0.1) is 5.25 Å². The van der Waals surface area contributed by atoms with Gasteiger partial charge < -0.3 is 9.73 Å². The number of fused-ring (bicyclic) bond motifs is 3. The Morgan fingerprint density at radius 2 is 2.10 bits per heavy atom. The first-order chi connectivity index (χ1) is 9.97. The first-order valence-electron chi connectivity index (χ1n) is 6.34. The number of para-hydroxylation sites is 1. The molecule has 0 fully saturated rings. The minimum Gasteiger partial charge on any atom is -0.450 e. The normalized spacial score (nSPS) is 13.6. The third-order valence-electron chi connectivity index (χ3n) is 3.28. The highest BCUT2D eigenvalue weighted by Crippen LogP contribution is 2.30. The summed E-state index contributed by atoms with van der Waals surface area (Å²) in [6.45, 7) is 1.67. The number of hydrogen-bond donors (Lipinski definition) is 2. The van der Waals surface area contributed by atoms with Gasteiger partial charge in [-0.2, -0.15) is 0 Å². The second kappa shape index (κ2) is 4.97. The van der Waals surface area contributed by atoms with Gasteiger partial charge in [0.2, 0.25) is 10.0 Å². The number of hydrogen-bond acceptors (Lipinski definition) is 6. The van der Waals surface area contributed by atoms with E-state index >= 15 is 0 Å². The molecule has 1 atom stereocenters. The van der Waals surface area contributed by atoms with Crippen LogP contribution < -0.4 is 10.5 Å². The van der Waals surface area contributed by atoms with Crippen LogP contribution in [0.25, 0.3) is 22.1 Å². The summed E-state index contributed by atoms with van der Waals surface area (Å²) in [4.78, 5) is 8.32. The highest BCUT2D eigenvalue weighted by molar-refractivity contribution is 7.89. The predicted molar refractivity (Wildman–Crippen MR) is 80.4 cm³/mol. The monoisotopic (exact) mass is 306 g/mol. The van der Waals surface area contributed by atoms with E-state index in [0.29, 0.717) is 22.5 Å². The van der Waals surface area contributed by atoms with Crippen molar-refractivity contribution in [3.8, 4) is 0 Å². The average Bonchev–Trinajstić information content (AvgIpc) is 2.83. The maximum Gasteiger partial charge on any atom is 0.213 e. The largest absolute Gasteiger partial charge is 0.450 e. The topological polar surface area (TPSA) is 111 Å². The van der Waals surface area contributed by atoms with Gasteiger partial charge in [0.25, 0.3) is 0 Å². The smallest absolute Gasteiger partial charge is 0.213 e. The van der Waals surface area contributed by atoms with Crippen molar-refractivity contribution in [3.05, 3.63) is 30.6 Å². The molecule has 0 bridgehead atoms. The van der Waals surface area contributed by atoms with Crippen LogP contribution in [0.2, 0.25) is 0 Å². The van der Waals surface area contributed by atoms with Crippen molar-refractivity contribution < 1.29 is 12.8 Å². The highest BCUT2D eigenvalue weighted by atomic mass is 32.2. The standard InChI is InChI=1S/C13H14N4O3S/c1-8(21(14,18)19)6-15-13-12-11(16-7-17-13)9-4-2-3-5-10(9)20-12/h2-5,7-8H,6H2,1H3,(H2,14,18,19)(H,15,16,17). The molecule has 0 aliphatic rings. The Kier molecular flexibility index (Phi) is 3.26. The number of furan rings is 1. The zero-order valence-electron chi connectivity index (χ0n) is 11.3. The molecule has 0 amide bonds. The van der Waals surface area contributed by atoms with Gasteiger partial charge >= 0.3 is 0 Å². The number of sulfonamides is 1. The van der Waals surface area contributed by atoms with E-state index in [9.17, 15) is 8.42 Å². The van der Waals surface area contributed by atoms with Gasteiger partial charge in [0.1, 0.15) is 17.4 Å². The molecule has 1 aromatic carbocycles. The molecule has 3 rings (SSSR count). The first kappa shape index (κ1) is 13.8. The summed E-state index contributed by atoms with van der Waals surface area (Å²) in [6, 6.07) is 7.52. The SMILES string of the molecule is CC(CNc1ncnc2c1oc1ccccc12)S(N)(=O)=O. The van der Waals surface area contributed by atoms with Crippen molar-refractivity contribution in [1.29, 1.82) is 0 Å². The number of aromatic nitrogens is 2. The Morgan fingerprint density at radius 1 is 1.33 bits per heavy atom. The summed E-state index contributed by atoms with van der Waals surface area (Å²) in [5.41, 5.74) is 1.89. The molecule has 1 unspecified atom stereocenters. The number of primary sulfonamides is 1. The number of rotatable bonds is 4. The van der Waals surface area contributed by atoms with E-state index in [1.807, 2.05) is 24.3 Å². The Balaban J connectivity index is 2.00. The summed E-state index contributed by atoms with van der Waals surface area (Å²) < 4.78 is 28.2. The van der Waals surface area contributed by atoms with E-state index in [0.717, 1.165) is 5.39 Å². The van der Waals surface area contributed by atoms with Crippen molar-refractivity contribution >= 4 is 37.9 Å². The van der Waals surface area contributed by atoms with Crippen LogP contribution in [-0.2, 0) is 10.0 Å². The molecule has 3 aromatic rings. The third kappa shape index (κ3) is 2.55. The van der Waals surface area contributed by atoms with Crippen LogP contribution in [0.4, 0.5) is 5.82 Å². The fraction of sp³-hybridized carbons (Fsp3) is 0.231. The Morgan fingerprint density at radius 3 is 2.86 bits per heavy atom. The third-order valence-corrected chi connectivity index (χ3v) is 4.56. The molecule has 2 aromatic heterocycles. The van der Waals surface area contributed by atoms with Crippen LogP contribution in [-0.4, -0.2) is 30.2 Å². The summed E-state index contributed by atoms with van der Waals surface area (Å²) >= 11 is 0. The van der Waals surface area contributed by atoms with Crippen LogP contribution in [0, 0.1) is 0 Å². The summed E-state index contributed by atoms with van der Waals surface area (Å²) in [5.74, 6) is 0.451. The van der Waals surface area contributed by atoms with Crippen LogP contribution in [0.3, 0.4) is 0 Å². The van der Waals surface area contributed by atoms with E-state index in [2.05, 4.69) is 15.3 Å². The van der Waals surface area contributed by atoms with Gasteiger partial charge in [-0.25, -0.2) is 23.5 Å². The van der Waals surface area contributed by atoms with Gasteiger partial charge in [-0.15, -0.1) is 0 Å². The molecule has 0 radical (unpaired) electrons. The van der Waals surface area contributed by atoms with Crippen LogP contribution in [0.15, 0.2) is 35.0 Å². The number of benzene rings is 1. The zero-order chi connectivity index (χ0) is 15.0. The summed E-state index contributed by atoms with van der Waals surface area (Å²) in [7, 11) is -3.59. The van der Waals surface area contributed by atoms with Gasteiger partial charge in [-0.3, -0.25) is 0 Å². The lowest BCUT2D eigenvalue weighted by atomic mass is 10.2. The molecule has 0 aliphatic carbocycles. The molecule has 0 aliphatic heterocycles. The second-order valence-electron chi connectivity index (χ2n) is 4.78. The molecule has 0 saturated carbocycles. The lowest BCUT2D eigenvalue weighted by molar-refractivity contribution is 0.587. The Hall–Kier alpha value is -2.19. The molecule has 7 nitrogen and oxygen atoms in total. The van der Waals surface area contributed by atoms with Gasteiger partial charge in [-0.1, -0.05) is 12.1 Å². The Labute approximate surface area is 121 Å². The lowest BCUT2D eigenvalue weighted by Gasteiger charge is -2.10. The fourth-order valence-electron chi connectivity index (χ4n) is 2.01. The van der Waals surface area contributed by atoms with E-state index in [4.69, 9.17) is 9.56 Å². The highest BCUT2D eigenvalue weighted by Gasteiger charge is 2.17. The maximum atomic E-state index is 11.2. The molecule has 3 N–H and O–H groups in total. The number of nitrogens with zero attached hydrogens (tertiary/aromatic N) is 2. The average molecular weight is 306 g/mol. The van der Waals surface area contributed by atoms with Crippen molar-refractivity contribution in [2.75, 3.05) is 11.9 Å². The van der Waals surface area contributed by atoms with E-state index in [1.165, 1.54) is 13.3 Å². The van der Waals surface area contributed by atoms with Gasteiger partial charge in [0, 0.05) is 11.9 Å². The predicted octanol–water partition coefficient (Wildman–Crippen LogP) is 1.46. The molecule has 2 heterocycles. The maximum absolute atomic E-state index is 11.2. The zero-order valence-corrected chi connectivity index (χ0v) is 12.1. The fourth-order valence-corrected chi connectivity index (χ4v) is 2.32. The Bertz CT molecular complexity index is 904. The van der Waals surface area contributed by atoms with Gasteiger partial charge in [-0.05, 0) is 19.1 Å². The minimum atomic E-state index is -3.59. The molecule has 8 heteroatoms. The minimum absolute atomic E-state index is 0.141. The van der Waals surface area contributed by atoms with Gasteiger partial charge in [0.15, 0.2) is 11.4 Å². The number of anilines is 1. The quantitative estimate of drug-likeness (QED) is 0.755. The molecule has 0 saturated heterocycles.